The highest BCUT2D eigenvalue weighted by atomic mass is 16.6. The molecule has 1 aliphatic heterocycles. The summed E-state index contributed by atoms with van der Waals surface area (Å²) in [5, 5.41) is 11.7. The summed E-state index contributed by atoms with van der Waals surface area (Å²) in [6.07, 6.45) is 3.26. The quantitative estimate of drug-likeness (QED) is 0.401. The second-order valence-corrected chi connectivity index (χ2v) is 5.30. The molecule has 0 unspecified atom stereocenters. The number of rotatable bonds is 5. The van der Waals surface area contributed by atoms with Crippen molar-refractivity contribution < 1.29 is 18.9 Å². The molecule has 1 aromatic rings. The summed E-state index contributed by atoms with van der Waals surface area (Å²) < 4.78 is 10.2. The topological polar surface area (TPSA) is 82.6 Å². The lowest BCUT2D eigenvalue weighted by atomic mass is 10.0. The summed E-state index contributed by atoms with van der Waals surface area (Å²) in [7, 11) is 0. The zero-order valence-corrected chi connectivity index (χ0v) is 13.0. The van der Waals surface area contributed by atoms with Gasteiger partial charge in [0.05, 0.1) is 29.6 Å². The van der Waals surface area contributed by atoms with Crippen LogP contribution in [-0.4, -0.2) is 17.5 Å². The molecular weight excluding hydrogens is 310 g/mol. The number of hydrogen-bond donors (Lipinski definition) is 0. The van der Waals surface area contributed by atoms with E-state index in [1.54, 1.807) is 6.07 Å². The van der Waals surface area contributed by atoms with Gasteiger partial charge >= 0.3 is 5.97 Å². The maximum absolute atomic E-state index is 11.7. The van der Waals surface area contributed by atoms with Crippen LogP contribution in [0.2, 0.25) is 0 Å². The molecule has 0 atom stereocenters. The summed E-state index contributed by atoms with van der Waals surface area (Å²) in [6, 6.07) is 10.9. The standard InChI is InChI=1S/C18H15NO5/c1-12(20)24-10-8-15-14-7-9-23-11-16(14)17(18(15)19(21)22)13-5-3-2-4-6-13/h2-7,9,11H,8,10H2,1H3. The first kappa shape index (κ1) is 15.7. The van der Waals surface area contributed by atoms with E-state index in [-0.39, 0.29) is 23.6 Å². The molecular formula is C18H15NO5. The Labute approximate surface area is 138 Å². The molecule has 1 aromatic carbocycles. The van der Waals surface area contributed by atoms with Crippen molar-refractivity contribution in [3.63, 3.8) is 0 Å². The van der Waals surface area contributed by atoms with Gasteiger partial charge in [-0.1, -0.05) is 30.3 Å². The van der Waals surface area contributed by atoms with Gasteiger partial charge in [0, 0.05) is 24.5 Å². The van der Waals surface area contributed by atoms with Crippen molar-refractivity contribution in [2.45, 2.75) is 13.3 Å². The van der Waals surface area contributed by atoms with E-state index in [1.165, 1.54) is 19.5 Å². The third-order valence-corrected chi connectivity index (χ3v) is 3.81. The highest BCUT2D eigenvalue weighted by Gasteiger charge is 2.32. The Bertz CT molecular complexity index is 853. The van der Waals surface area contributed by atoms with Crippen LogP contribution in [0.4, 0.5) is 5.69 Å². The Morgan fingerprint density at radius 1 is 1.21 bits per heavy atom. The monoisotopic (exact) mass is 325 g/mol. The molecule has 0 amide bonds. The molecule has 0 spiro atoms. The molecule has 3 rings (SSSR count). The van der Waals surface area contributed by atoms with Crippen molar-refractivity contribution >= 4 is 11.7 Å². The van der Waals surface area contributed by atoms with Crippen LogP contribution in [0.15, 0.2) is 53.3 Å². The van der Waals surface area contributed by atoms with E-state index < -0.39 is 5.97 Å². The summed E-state index contributed by atoms with van der Waals surface area (Å²) in [5.41, 5.74) is 3.26. The fourth-order valence-corrected chi connectivity index (χ4v) is 2.88. The average Bonchev–Trinajstić information content (AvgIpc) is 2.90. The SMILES string of the molecule is CC(=O)OCCc1c2ccocc-2c(-c2ccccc2)c1[N+](=O)[O-]. The third-order valence-electron chi connectivity index (χ3n) is 3.81. The van der Waals surface area contributed by atoms with Gasteiger partial charge in [-0.2, -0.15) is 0 Å². The van der Waals surface area contributed by atoms with Crippen LogP contribution in [0, 0.1) is 10.1 Å². The van der Waals surface area contributed by atoms with E-state index in [2.05, 4.69) is 0 Å². The van der Waals surface area contributed by atoms with Gasteiger partial charge in [-0.15, -0.1) is 0 Å². The highest BCUT2D eigenvalue weighted by molar-refractivity contribution is 5.96. The maximum Gasteiger partial charge on any atom is 0.302 e. The highest BCUT2D eigenvalue weighted by Crippen LogP contribution is 2.47. The van der Waals surface area contributed by atoms with Gasteiger partial charge in [0.15, 0.2) is 0 Å². The maximum atomic E-state index is 11.7. The molecule has 6 heteroatoms. The molecule has 122 valence electrons. The molecule has 0 N–H and O–H groups in total. The number of hydrogen-bond acceptors (Lipinski definition) is 5. The first-order valence-corrected chi connectivity index (χ1v) is 7.43. The van der Waals surface area contributed by atoms with Crippen LogP contribution >= 0.6 is 0 Å². The normalized spacial score (nSPS) is 10.7. The van der Waals surface area contributed by atoms with Crippen molar-refractivity contribution in [3.05, 3.63) is 64.6 Å². The first-order valence-electron chi connectivity index (χ1n) is 7.43. The van der Waals surface area contributed by atoms with Crippen molar-refractivity contribution in [3.8, 4) is 22.3 Å². The van der Waals surface area contributed by atoms with Gasteiger partial charge in [-0.05, 0) is 17.2 Å². The molecule has 0 bridgehead atoms. The fraction of sp³-hybridized carbons (Fsp3) is 0.167. The summed E-state index contributed by atoms with van der Waals surface area (Å²) in [5.74, 6) is -0.410. The zero-order valence-electron chi connectivity index (χ0n) is 13.0. The van der Waals surface area contributed by atoms with E-state index in [1.807, 2.05) is 30.3 Å². The third kappa shape index (κ3) is 2.86. The van der Waals surface area contributed by atoms with E-state index in [4.69, 9.17) is 9.15 Å². The minimum absolute atomic E-state index is 0.0322. The predicted octanol–water partition coefficient (Wildman–Crippen LogP) is 4.07. The Kier molecular flexibility index (Phi) is 4.29. The van der Waals surface area contributed by atoms with Crippen molar-refractivity contribution in [2.24, 2.45) is 0 Å². The molecule has 0 saturated heterocycles. The molecule has 0 saturated carbocycles. The summed E-state index contributed by atoms with van der Waals surface area (Å²) in [4.78, 5) is 22.3. The van der Waals surface area contributed by atoms with Crippen molar-refractivity contribution in [1.82, 2.24) is 0 Å². The summed E-state index contributed by atoms with van der Waals surface area (Å²) in [6.45, 7) is 1.40. The van der Waals surface area contributed by atoms with Crippen molar-refractivity contribution in [1.29, 1.82) is 0 Å². The van der Waals surface area contributed by atoms with Crippen molar-refractivity contribution in [2.75, 3.05) is 6.61 Å². The smallest absolute Gasteiger partial charge is 0.302 e. The van der Waals surface area contributed by atoms with E-state index in [0.717, 1.165) is 11.1 Å². The number of esters is 1. The number of fused-ring (bicyclic) bond motifs is 1. The van der Waals surface area contributed by atoms with Crippen LogP contribution in [0.1, 0.15) is 12.5 Å². The zero-order chi connectivity index (χ0) is 17.1. The minimum Gasteiger partial charge on any atom is -0.472 e. The number of ether oxygens (including phenoxy) is 1. The molecule has 0 aromatic heterocycles. The van der Waals surface area contributed by atoms with Gasteiger partial charge in [-0.25, -0.2) is 0 Å². The van der Waals surface area contributed by atoms with Gasteiger partial charge in [0.2, 0.25) is 0 Å². The molecule has 0 radical (unpaired) electrons. The van der Waals surface area contributed by atoms with Crippen LogP contribution in [-0.2, 0) is 16.0 Å². The second-order valence-electron chi connectivity index (χ2n) is 5.30. The Morgan fingerprint density at radius 3 is 2.62 bits per heavy atom. The van der Waals surface area contributed by atoms with Crippen LogP contribution in [0.5, 0.6) is 0 Å². The van der Waals surface area contributed by atoms with Gasteiger partial charge < -0.3 is 9.15 Å². The van der Waals surface area contributed by atoms with Gasteiger partial charge in [-0.3, -0.25) is 14.9 Å². The molecule has 24 heavy (non-hydrogen) atoms. The van der Waals surface area contributed by atoms with Crippen LogP contribution < -0.4 is 0 Å². The van der Waals surface area contributed by atoms with E-state index >= 15 is 0 Å². The van der Waals surface area contributed by atoms with E-state index in [9.17, 15) is 14.9 Å². The Morgan fingerprint density at radius 2 is 1.96 bits per heavy atom. The minimum atomic E-state index is -0.410. The Hall–Kier alpha value is -3.15. The number of carbonyl (C=O) groups excluding carboxylic acids is 1. The molecule has 0 fully saturated rings. The average molecular weight is 325 g/mol. The largest absolute Gasteiger partial charge is 0.472 e. The summed E-state index contributed by atoms with van der Waals surface area (Å²) >= 11 is 0. The van der Waals surface area contributed by atoms with Crippen LogP contribution in [0.3, 0.4) is 0 Å². The predicted molar refractivity (Wildman–Crippen MR) is 87.8 cm³/mol. The molecule has 2 aliphatic rings. The first-order chi connectivity index (χ1) is 11.6. The molecule has 6 nitrogen and oxygen atoms in total. The number of nitro groups is 1. The lowest BCUT2D eigenvalue weighted by molar-refractivity contribution is -0.384. The lowest BCUT2D eigenvalue weighted by Crippen LogP contribution is -2.04. The van der Waals surface area contributed by atoms with Crippen LogP contribution in [0.25, 0.3) is 22.3 Å². The lowest BCUT2D eigenvalue weighted by Gasteiger charge is -2.03. The number of nitrogens with zero attached hydrogens (tertiary/aromatic N) is 1. The molecule has 1 aliphatic carbocycles. The molecule has 1 heterocycles. The van der Waals surface area contributed by atoms with Gasteiger partial charge in [0.25, 0.3) is 5.69 Å². The number of benzene rings is 1. The van der Waals surface area contributed by atoms with Gasteiger partial charge in [0.1, 0.15) is 0 Å². The fourth-order valence-electron chi connectivity index (χ4n) is 2.88. The Balaban J connectivity index is 2.18. The second kappa shape index (κ2) is 6.54. The number of carbonyl (C=O) groups is 1. The van der Waals surface area contributed by atoms with E-state index in [0.29, 0.717) is 16.7 Å².